The topological polar surface area (TPSA) is 62.6 Å². The summed E-state index contributed by atoms with van der Waals surface area (Å²) in [5.74, 6) is -0.602. The summed E-state index contributed by atoms with van der Waals surface area (Å²) in [6.45, 7) is 3.28. The van der Waals surface area contributed by atoms with Gasteiger partial charge in [-0.25, -0.2) is 13.2 Å². The first-order valence-corrected chi connectivity index (χ1v) is 10.6. The van der Waals surface area contributed by atoms with Gasteiger partial charge < -0.3 is 19.0 Å². The lowest BCUT2D eigenvalue weighted by atomic mass is 9.95. The number of Topliss-reactive ketones (excluding diaryl/α,β-unsaturated/α-hetero) is 1. The van der Waals surface area contributed by atoms with E-state index in [0.29, 0.717) is 18.5 Å². The molecule has 0 amide bonds. The van der Waals surface area contributed by atoms with Crippen LogP contribution in [-0.2, 0) is 16.6 Å². The van der Waals surface area contributed by atoms with Crippen molar-refractivity contribution in [1.29, 1.82) is 0 Å². The fourth-order valence-electron chi connectivity index (χ4n) is 3.90. The zero-order valence-corrected chi connectivity index (χ0v) is 18.1. The van der Waals surface area contributed by atoms with Gasteiger partial charge in [-0.05, 0) is 50.7 Å². The second-order valence-electron chi connectivity index (χ2n) is 8.26. The number of nitrogens with zero attached hydrogens (tertiary/aromatic N) is 2. The third-order valence-electron chi connectivity index (χ3n) is 5.41. The van der Waals surface area contributed by atoms with Gasteiger partial charge in [0.2, 0.25) is 0 Å². The minimum absolute atomic E-state index is 0.0670. The molecule has 0 unspecified atom stereocenters. The smallest absolute Gasteiger partial charge is 0.297 e. The average molecular weight is 442 g/mol. The van der Waals surface area contributed by atoms with Crippen LogP contribution in [0.25, 0.3) is 11.0 Å². The number of halogens is 3. The molecule has 1 saturated carbocycles. The van der Waals surface area contributed by atoms with E-state index in [1.807, 2.05) is 6.92 Å². The van der Waals surface area contributed by atoms with Crippen molar-refractivity contribution >= 4 is 16.8 Å². The summed E-state index contributed by atoms with van der Waals surface area (Å²) in [6.07, 6.45) is 1.14. The molecule has 9 heteroatoms. The first-order chi connectivity index (χ1) is 14.7. The highest BCUT2D eigenvalue weighted by Crippen LogP contribution is 2.31. The molecule has 172 valence electrons. The first kappa shape index (κ1) is 23.4. The Balaban J connectivity index is 1.57. The van der Waals surface area contributed by atoms with E-state index in [4.69, 9.17) is 14.2 Å². The number of hydrogen-bond donors (Lipinski definition) is 0. The molecule has 6 nitrogen and oxygen atoms in total. The SMILES string of the molecule is CC(=O)C[C@@H](C)COC1CCC(Oc2nc3ccc(OCC(F)F)c(F)c3n2C)CC1. The van der Waals surface area contributed by atoms with Crippen molar-refractivity contribution in [3.8, 4) is 11.8 Å². The van der Waals surface area contributed by atoms with E-state index in [0.717, 1.165) is 25.7 Å². The molecular formula is C22H29F3N2O4. The first-order valence-electron chi connectivity index (χ1n) is 10.6. The Labute approximate surface area is 179 Å². The van der Waals surface area contributed by atoms with Crippen LogP contribution in [0.4, 0.5) is 13.2 Å². The molecule has 0 bridgehead atoms. The normalized spacial score (nSPS) is 20.2. The molecule has 1 aliphatic carbocycles. The molecule has 1 atom stereocenters. The fraction of sp³-hybridized carbons (Fsp3) is 0.636. The van der Waals surface area contributed by atoms with Gasteiger partial charge in [0.05, 0.1) is 11.6 Å². The van der Waals surface area contributed by atoms with Gasteiger partial charge in [0.25, 0.3) is 12.4 Å². The van der Waals surface area contributed by atoms with Gasteiger partial charge in [-0.2, -0.15) is 4.98 Å². The number of ether oxygens (including phenoxy) is 3. The van der Waals surface area contributed by atoms with E-state index in [2.05, 4.69) is 4.98 Å². The molecule has 2 aromatic rings. The number of rotatable bonds is 10. The van der Waals surface area contributed by atoms with Crippen molar-refractivity contribution in [1.82, 2.24) is 9.55 Å². The van der Waals surface area contributed by atoms with Gasteiger partial charge in [0, 0.05) is 20.1 Å². The largest absolute Gasteiger partial charge is 0.484 e. The highest BCUT2D eigenvalue weighted by atomic mass is 19.3. The summed E-state index contributed by atoms with van der Waals surface area (Å²) in [7, 11) is 1.62. The fourth-order valence-corrected chi connectivity index (χ4v) is 3.90. The van der Waals surface area contributed by atoms with Crippen LogP contribution in [-0.4, -0.2) is 47.2 Å². The number of aryl methyl sites for hydroxylation is 1. The molecule has 0 radical (unpaired) electrons. The lowest BCUT2D eigenvalue weighted by Crippen LogP contribution is -2.30. The summed E-state index contributed by atoms with van der Waals surface area (Å²) in [4.78, 5) is 15.5. The molecule has 1 aliphatic rings. The number of ketones is 1. The molecule has 1 aromatic carbocycles. The Morgan fingerprint density at radius 1 is 1.19 bits per heavy atom. The zero-order chi connectivity index (χ0) is 22.5. The number of carbonyl (C=O) groups excluding carboxylic acids is 1. The number of fused-ring (bicyclic) bond motifs is 1. The summed E-state index contributed by atoms with van der Waals surface area (Å²) in [5.41, 5.74) is 0.522. The average Bonchev–Trinajstić information content (AvgIpc) is 3.02. The van der Waals surface area contributed by atoms with Crippen LogP contribution in [0.5, 0.6) is 11.8 Å². The van der Waals surface area contributed by atoms with Crippen LogP contribution in [0, 0.1) is 11.7 Å². The summed E-state index contributed by atoms with van der Waals surface area (Å²) >= 11 is 0. The molecule has 0 N–H and O–H groups in total. The number of carbonyl (C=O) groups is 1. The van der Waals surface area contributed by atoms with Crippen LogP contribution >= 0.6 is 0 Å². The van der Waals surface area contributed by atoms with Gasteiger partial charge in [0.15, 0.2) is 11.6 Å². The van der Waals surface area contributed by atoms with Crippen molar-refractivity contribution in [2.45, 2.75) is 64.6 Å². The summed E-state index contributed by atoms with van der Waals surface area (Å²) < 4.78 is 57.8. The van der Waals surface area contributed by atoms with Crippen LogP contribution < -0.4 is 9.47 Å². The van der Waals surface area contributed by atoms with E-state index in [1.165, 1.54) is 16.7 Å². The van der Waals surface area contributed by atoms with E-state index in [-0.39, 0.29) is 41.2 Å². The Hall–Kier alpha value is -2.29. The van der Waals surface area contributed by atoms with E-state index < -0.39 is 18.8 Å². The number of benzene rings is 1. The molecule has 0 saturated heterocycles. The predicted molar refractivity (Wildman–Crippen MR) is 109 cm³/mol. The Kier molecular flexibility index (Phi) is 7.80. The zero-order valence-electron chi connectivity index (χ0n) is 18.1. The lowest BCUT2D eigenvalue weighted by Gasteiger charge is -2.29. The number of alkyl halides is 2. The van der Waals surface area contributed by atoms with Gasteiger partial charge in [-0.1, -0.05) is 6.92 Å². The Bertz CT molecular complexity index is 894. The monoisotopic (exact) mass is 442 g/mol. The summed E-state index contributed by atoms with van der Waals surface area (Å²) in [6, 6.07) is 3.10. The van der Waals surface area contributed by atoms with Gasteiger partial charge in [-0.3, -0.25) is 4.57 Å². The van der Waals surface area contributed by atoms with Crippen molar-refractivity contribution in [2.24, 2.45) is 13.0 Å². The third-order valence-corrected chi connectivity index (χ3v) is 5.41. The number of imidazole rings is 1. The van der Waals surface area contributed by atoms with E-state index in [1.54, 1.807) is 14.0 Å². The van der Waals surface area contributed by atoms with Gasteiger partial charge in [-0.15, -0.1) is 0 Å². The Morgan fingerprint density at radius 2 is 1.87 bits per heavy atom. The highest BCUT2D eigenvalue weighted by Gasteiger charge is 2.26. The second-order valence-corrected chi connectivity index (χ2v) is 8.26. The van der Waals surface area contributed by atoms with Crippen LogP contribution in [0.15, 0.2) is 12.1 Å². The number of aromatic nitrogens is 2. The van der Waals surface area contributed by atoms with Crippen LogP contribution in [0.2, 0.25) is 0 Å². The standard InChI is InChI=1S/C22H29F3N2O4/c1-13(10-14(2)28)11-29-15-4-6-16(7-5-15)31-22-26-17-8-9-18(30-12-19(23)24)20(25)21(17)27(22)3/h8-9,13,15-16,19H,4-7,10-12H2,1-3H3/t13-,15?,16?/m1/s1. The highest BCUT2D eigenvalue weighted by molar-refractivity contribution is 5.79. The van der Waals surface area contributed by atoms with Crippen molar-refractivity contribution in [3.63, 3.8) is 0 Å². The molecule has 1 fully saturated rings. The Morgan fingerprint density at radius 3 is 2.52 bits per heavy atom. The summed E-state index contributed by atoms with van der Waals surface area (Å²) in [5, 5.41) is 0. The molecule has 1 aromatic heterocycles. The molecule has 0 aliphatic heterocycles. The van der Waals surface area contributed by atoms with Crippen molar-refractivity contribution < 1.29 is 32.2 Å². The van der Waals surface area contributed by atoms with Crippen LogP contribution in [0.1, 0.15) is 46.0 Å². The van der Waals surface area contributed by atoms with Gasteiger partial charge >= 0.3 is 0 Å². The second kappa shape index (κ2) is 10.3. The van der Waals surface area contributed by atoms with Gasteiger partial charge in [0.1, 0.15) is 24.0 Å². The molecular weight excluding hydrogens is 413 g/mol. The van der Waals surface area contributed by atoms with E-state index >= 15 is 0 Å². The van der Waals surface area contributed by atoms with Crippen molar-refractivity contribution in [2.75, 3.05) is 13.2 Å². The molecule has 31 heavy (non-hydrogen) atoms. The maximum atomic E-state index is 14.7. The van der Waals surface area contributed by atoms with Crippen LogP contribution in [0.3, 0.4) is 0 Å². The minimum atomic E-state index is -2.68. The van der Waals surface area contributed by atoms with Crippen molar-refractivity contribution in [3.05, 3.63) is 17.9 Å². The molecule has 3 rings (SSSR count). The molecule has 0 spiro atoms. The number of hydrogen-bond acceptors (Lipinski definition) is 5. The lowest BCUT2D eigenvalue weighted by molar-refractivity contribution is -0.118. The minimum Gasteiger partial charge on any atom is -0.484 e. The molecule has 1 heterocycles. The third kappa shape index (κ3) is 6.12. The van der Waals surface area contributed by atoms with E-state index in [9.17, 15) is 18.0 Å². The maximum Gasteiger partial charge on any atom is 0.297 e. The predicted octanol–water partition coefficient (Wildman–Crippen LogP) is 4.68. The quantitative estimate of drug-likeness (QED) is 0.535. The maximum absolute atomic E-state index is 14.7.